The molecule has 1 amide bonds. The molecule has 0 bridgehead atoms. The first-order chi connectivity index (χ1) is 11.5. The Morgan fingerprint density at radius 3 is 2.42 bits per heavy atom. The van der Waals surface area contributed by atoms with E-state index in [9.17, 15) is 4.79 Å². The van der Waals surface area contributed by atoms with Crippen molar-refractivity contribution in [2.75, 3.05) is 39.8 Å². The highest BCUT2D eigenvalue weighted by Crippen LogP contribution is 2.48. The Kier molecular flexibility index (Phi) is 5.63. The van der Waals surface area contributed by atoms with E-state index in [-0.39, 0.29) is 17.4 Å². The van der Waals surface area contributed by atoms with Gasteiger partial charge in [0.15, 0.2) is 0 Å². The third-order valence-electron chi connectivity index (χ3n) is 5.43. The average molecular weight is 394 g/mol. The lowest BCUT2D eigenvalue weighted by atomic mass is 9.94. The molecule has 1 N–H and O–H groups in total. The number of halogens is 1. The second-order valence-corrected chi connectivity index (χ2v) is 8.31. The third-order valence-corrected chi connectivity index (χ3v) is 5.96. The molecule has 2 aliphatic rings. The van der Waals surface area contributed by atoms with Crippen LogP contribution >= 0.6 is 15.9 Å². The van der Waals surface area contributed by atoms with Gasteiger partial charge >= 0.3 is 0 Å². The smallest absolute Gasteiger partial charge is 0.230 e. The zero-order chi connectivity index (χ0) is 17.2. The highest BCUT2D eigenvalue weighted by molar-refractivity contribution is 9.10. The minimum atomic E-state index is -0.275. The quantitative estimate of drug-likeness (QED) is 0.806. The minimum absolute atomic E-state index is 0.204. The first-order valence-electron chi connectivity index (χ1n) is 8.97. The summed E-state index contributed by atoms with van der Waals surface area (Å²) in [5, 5.41) is 3.26. The molecule has 1 aliphatic heterocycles. The summed E-state index contributed by atoms with van der Waals surface area (Å²) < 4.78 is 1.06. The van der Waals surface area contributed by atoms with E-state index in [1.165, 1.54) is 0 Å². The minimum Gasteiger partial charge on any atom is -0.353 e. The molecule has 132 valence electrons. The fourth-order valence-electron chi connectivity index (χ4n) is 3.42. The standard InChI is InChI=1S/C19H28BrN3O/c1-15(7-10-23-13-11-22(2)12-14-23)21-18(24)19(8-9-19)16-3-5-17(20)6-4-16/h3-6,15H,7-14H2,1-2H3,(H,21,24)/t15-/m1/s1. The number of nitrogens with zero attached hydrogens (tertiary/aromatic N) is 2. The highest BCUT2D eigenvalue weighted by Gasteiger charge is 2.51. The van der Waals surface area contributed by atoms with Gasteiger partial charge in [0.1, 0.15) is 0 Å². The Balaban J connectivity index is 1.48. The lowest BCUT2D eigenvalue weighted by Gasteiger charge is -2.33. The van der Waals surface area contributed by atoms with Gasteiger partial charge in [-0.05, 0) is 50.9 Å². The van der Waals surface area contributed by atoms with Crippen molar-refractivity contribution in [3.63, 3.8) is 0 Å². The molecule has 0 aromatic heterocycles. The van der Waals surface area contributed by atoms with E-state index in [1.807, 2.05) is 12.1 Å². The molecule has 2 fully saturated rings. The SMILES string of the molecule is C[C@H](CCN1CCN(C)CC1)NC(=O)C1(c2ccc(Br)cc2)CC1. The van der Waals surface area contributed by atoms with Crippen LogP contribution in [0.4, 0.5) is 0 Å². The summed E-state index contributed by atoms with van der Waals surface area (Å²) >= 11 is 3.46. The molecule has 0 unspecified atom stereocenters. The molecule has 1 atom stereocenters. The van der Waals surface area contributed by atoms with Crippen molar-refractivity contribution in [1.29, 1.82) is 0 Å². The molecular formula is C19H28BrN3O. The Morgan fingerprint density at radius 2 is 1.83 bits per heavy atom. The number of hydrogen-bond donors (Lipinski definition) is 1. The van der Waals surface area contributed by atoms with Gasteiger partial charge in [-0.15, -0.1) is 0 Å². The summed E-state index contributed by atoms with van der Waals surface area (Å²) in [5.41, 5.74) is 0.873. The van der Waals surface area contributed by atoms with Crippen LogP contribution in [0.25, 0.3) is 0 Å². The van der Waals surface area contributed by atoms with Crippen molar-refractivity contribution < 1.29 is 4.79 Å². The van der Waals surface area contributed by atoms with Crippen molar-refractivity contribution in [3.05, 3.63) is 34.3 Å². The predicted octanol–water partition coefficient (Wildman–Crippen LogP) is 2.62. The van der Waals surface area contributed by atoms with Crippen LogP contribution in [0.2, 0.25) is 0 Å². The van der Waals surface area contributed by atoms with E-state index in [4.69, 9.17) is 0 Å². The highest BCUT2D eigenvalue weighted by atomic mass is 79.9. The molecule has 1 aromatic rings. The van der Waals surface area contributed by atoms with Gasteiger partial charge in [-0.3, -0.25) is 4.79 Å². The van der Waals surface area contributed by atoms with Gasteiger partial charge in [0.2, 0.25) is 5.91 Å². The van der Waals surface area contributed by atoms with Crippen LogP contribution in [0.5, 0.6) is 0 Å². The van der Waals surface area contributed by atoms with Crippen molar-refractivity contribution in [2.45, 2.75) is 37.6 Å². The number of rotatable bonds is 6. The van der Waals surface area contributed by atoms with Crippen molar-refractivity contribution in [2.24, 2.45) is 0 Å². The molecule has 1 saturated carbocycles. The van der Waals surface area contributed by atoms with E-state index in [2.05, 4.69) is 57.2 Å². The maximum absolute atomic E-state index is 12.8. The fourth-order valence-corrected chi connectivity index (χ4v) is 3.69. The number of likely N-dealkylation sites (N-methyl/N-ethyl adjacent to an activating group) is 1. The number of nitrogens with one attached hydrogen (secondary N) is 1. The van der Waals surface area contributed by atoms with Gasteiger partial charge in [-0.25, -0.2) is 0 Å². The first kappa shape index (κ1) is 17.9. The van der Waals surface area contributed by atoms with Crippen LogP contribution in [0.15, 0.2) is 28.7 Å². The first-order valence-corrected chi connectivity index (χ1v) is 9.77. The predicted molar refractivity (Wildman–Crippen MR) is 101 cm³/mol. The number of carbonyl (C=O) groups excluding carboxylic acids is 1. The van der Waals surface area contributed by atoms with E-state index in [1.54, 1.807) is 0 Å². The molecule has 0 spiro atoms. The van der Waals surface area contributed by atoms with E-state index in [0.29, 0.717) is 0 Å². The van der Waals surface area contributed by atoms with Crippen molar-refractivity contribution in [3.8, 4) is 0 Å². The van der Waals surface area contributed by atoms with Gasteiger partial charge < -0.3 is 15.1 Å². The van der Waals surface area contributed by atoms with Crippen LogP contribution in [-0.4, -0.2) is 61.5 Å². The molecular weight excluding hydrogens is 366 g/mol. The Hall–Kier alpha value is -0.910. The molecule has 1 aromatic carbocycles. The molecule has 1 saturated heterocycles. The van der Waals surface area contributed by atoms with Gasteiger partial charge in [-0.2, -0.15) is 0 Å². The monoisotopic (exact) mass is 393 g/mol. The van der Waals surface area contributed by atoms with E-state index in [0.717, 1.165) is 62.0 Å². The van der Waals surface area contributed by atoms with Gasteiger partial charge in [0.25, 0.3) is 0 Å². The van der Waals surface area contributed by atoms with Gasteiger partial charge in [0.05, 0.1) is 5.41 Å². The molecule has 0 radical (unpaired) electrons. The number of hydrogen-bond acceptors (Lipinski definition) is 3. The summed E-state index contributed by atoms with van der Waals surface area (Å²) in [6, 6.07) is 8.43. The molecule has 1 aliphatic carbocycles. The number of carbonyl (C=O) groups is 1. The summed E-state index contributed by atoms with van der Waals surface area (Å²) in [7, 11) is 2.18. The zero-order valence-electron chi connectivity index (χ0n) is 14.7. The van der Waals surface area contributed by atoms with Crippen molar-refractivity contribution in [1.82, 2.24) is 15.1 Å². The maximum atomic E-state index is 12.8. The number of piperazine rings is 1. The van der Waals surface area contributed by atoms with Crippen LogP contribution < -0.4 is 5.32 Å². The Labute approximate surface area is 153 Å². The van der Waals surface area contributed by atoms with Gasteiger partial charge in [0, 0.05) is 43.2 Å². The molecule has 3 rings (SSSR count). The lowest BCUT2D eigenvalue weighted by molar-refractivity contribution is -0.124. The van der Waals surface area contributed by atoms with E-state index >= 15 is 0 Å². The number of amides is 1. The Bertz CT molecular complexity index is 562. The molecule has 1 heterocycles. The molecule has 4 nitrogen and oxygen atoms in total. The average Bonchev–Trinajstić information content (AvgIpc) is 3.37. The number of benzene rings is 1. The van der Waals surface area contributed by atoms with Crippen LogP contribution in [-0.2, 0) is 10.2 Å². The largest absolute Gasteiger partial charge is 0.353 e. The Morgan fingerprint density at radius 1 is 1.21 bits per heavy atom. The summed E-state index contributed by atoms with van der Waals surface area (Å²) in [4.78, 5) is 17.7. The van der Waals surface area contributed by atoms with Crippen molar-refractivity contribution >= 4 is 21.8 Å². The maximum Gasteiger partial charge on any atom is 0.230 e. The second-order valence-electron chi connectivity index (χ2n) is 7.40. The van der Waals surface area contributed by atoms with Gasteiger partial charge in [-0.1, -0.05) is 28.1 Å². The lowest BCUT2D eigenvalue weighted by Crippen LogP contribution is -2.46. The summed E-state index contributed by atoms with van der Waals surface area (Å²) in [6.45, 7) is 7.77. The van der Waals surface area contributed by atoms with Crippen LogP contribution in [0.1, 0.15) is 31.7 Å². The summed E-state index contributed by atoms with van der Waals surface area (Å²) in [5.74, 6) is 0.204. The second kappa shape index (κ2) is 7.54. The zero-order valence-corrected chi connectivity index (χ0v) is 16.3. The normalized spacial score (nSPS) is 22.1. The van der Waals surface area contributed by atoms with E-state index < -0.39 is 0 Å². The molecule has 5 heteroatoms. The molecule has 24 heavy (non-hydrogen) atoms. The fraction of sp³-hybridized carbons (Fsp3) is 0.632. The summed E-state index contributed by atoms with van der Waals surface area (Å²) in [6.07, 6.45) is 2.95. The van der Waals surface area contributed by atoms with Crippen LogP contribution in [0.3, 0.4) is 0 Å². The topological polar surface area (TPSA) is 35.6 Å². The third kappa shape index (κ3) is 4.19. The van der Waals surface area contributed by atoms with Crippen LogP contribution in [0, 0.1) is 0 Å².